The number of hydrogen-bond acceptors (Lipinski definition) is 6. The quantitative estimate of drug-likeness (QED) is 0.329. The Morgan fingerprint density at radius 3 is 2.62 bits per heavy atom. The summed E-state index contributed by atoms with van der Waals surface area (Å²) in [5, 5.41) is 12.6. The Bertz CT molecular complexity index is 1320. The fraction of sp³-hybridized carbons (Fsp3) is 0.276. The van der Waals surface area contributed by atoms with E-state index in [0.717, 1.165) is 17.4 Å². The summed E-state index contributed by atoms with van der Waals surface area (Å²) in [5.74, 6) is -0.0711. The lowest BCUT2D eigenvalue weighted by Crippen LogP contribution is -2.21. The van der Waals surface area contributed by atoms with E-state index in [2.05, 4.69) is 24.5 Å². The van der Waals surface area contributed by atoms with Crippen LogP contribution in [-0.2, 0) is 6.42 Å². The normalized spacial score (nSPS) is 13.5. The van der Waals surface area contributed by atoms with Gasteiger partial charge >= 0.3 is 0 Å². The first kappa shape index (κ1) is 27.3. The molecule has 1 aromatic heterocycles. The monoisotopic (exact) mass is 503 g/mol. The summed E-state index contributed by atoms with van der Waals surface area (Å²) in [7, 11) is 1.91. The van der Waals surface area contributed by atoms with Crippen molar-refractivity contribution >= 4 is 17.5 Å². The second-order valence-corrected chi connectivity index (χ2v) is 8.21. The van der Waals surface area contributed by atoms with Gasteiger partial charge in [-0.1, -0.05) is 38.6 Å². The van der Waals surface area contributed by atoms with Gasteiger partial charge in [0, 0.05) is 42.9 Å². The Balaban J connectivity index is 0.00000186. The van der Waals surface area contributed by atoms with Crippen LogP contribution in [0.2, 0.25) is 0 Å². The van der Waals surface area contributed by atoms with Gasteiger partial charge in [0.1, 0.15) is 35.9 Å². The van der Waals surface area contributed by atoms with Gasteiger partial charge in [-0.25, -0.2) is 13.8 Å². The molecule has 1 atom stereocenters. The molecule has 8 heteroatoms. The predicted molar refractivity (Wildman–Crippen MR) is 144 cm³/mol. The van der Waals surface area contributed by atoms with Crippen LogP contribution in [0, 0.1) is 23.0 Å². The number of nitrogens with one attached hydrogen (secondary N) is 1. The second kappa shape index (κ2) is 12.6. The van der Waals surface area contributed by atoms with E-state index >= 15 is 0 Å². The van der Waals surface area contributed by atoms with E-state index < -0.39 is 11.6 Å². The van der Waals surface area contributed by atoms with Crippen LogP contribution in [0.15, 0.2) is 61.7 Å². The number of benzene rings is 2. The molecule has 0 aliphatic heterocycles. The highest BCUT2D eigenvalue weighted by molar-refractivity contribution is 5.63. The van der Waals surface area contributed by atoms with E-state index in [0.29, 0.717) is 53.6 Å². The number of aromatic nitrogens is 2. The Morgan fingerprint density at radius 1 is 1.16 bits per heavy atom. The van der Waals surface area contributed by atoms with Gasteiger partial charge < -0.3 is 15.0 Å². The van der Waals surface area contributed by atoms with E-state index in [1.165, 1.54) is 12.1 Å². The van der Waals surface area contributed by atoms with Crippen molar-refractivity contribution in [2.75, 3.05) is 30.4 Å². The molecule has 0 saturated carbocycles. The van der Waals surface area contributed by atoms with E-state index in [1.54, 1.807) is 30.4 Å². The van der Waals surface area contributed by atoms with Crippen LogP contribution in [0.5, 0.6) is 5.75 Å². The number of anilines is 3. The highest BCUT2D eigenvalue weighted by atomic mass is 19.1. The van der Waals surface area contributed by atoms with Crippen LogP contribution < -0.4 is 15.0 Å². The standard InChI is InChI=1S/C27H25F2N5O.C2H6/c1-4-12-34(3)26-22-11-10-21(20-9-7-18(28)14-23(20)29)25(22)32-27(33-26)31-19-8-6-17(16-30)24(15-19)35-13-5-2;1-2/h4-9,14-15,21H,1-2,10-13H2,3H3,(H,31,32,33);1-2H3. The third-order valence-corrected chi connectivity index (χ3v) is 5.85. The SMILES string of the molecule is C=CCOc1cc(Nc2nc3c(c(N(C)CC=C)n2)CCC3c2ccc(F)cc2F)ccc1C#N.CC. The first-order chi connectivity index (χ1) is 17.9. The third-order valence-electron chi connectivity index (χ3n) is 5.85. The van der Waals surface area contributed by atoms with Gasteiger partial charge in [-0.05, 0) is 36.6 Å². The van der Waals surface area contributed by atoms with Crippen LogP contribution in [0.25, 0.3) is 0 Å². The van der Waals surface area contributed by atoms with E-state index in [1.807, 2.05) is 25.8 Å². The molecular formula is C29H31F2N5O. The molecule has 3 aromatic rings. The number of ether oxygens (including phenoxy) is 1. The Labute approximate surface area is 216 Å². The summed E-state index contributed by atoms with van der Waals surface area (Å²) in [6, 6.07) is 10.8. The lowest BCUT2D eigenvalue weighted by atomic mass is 9.96. The highest BCUT2D eigenvalue weighted by Crippen LogP contribution is 2.42. The van der Waals surface area contributed by atoms with Crippen molar-refractivity contribution in [2.45, 2.75) is 32.6 Å². The summed E-state index contributed by atoms with van der Waals surface area (Å²) in [6.07, 6.45) is 4.69. The molecule has 0 amide bonds. The molecule has 192 valence electrons. The molecule has 4 rings (SSSR count). The molecular weight excluding hydrogens is 472 g/mol. The second-order valence-electron chi connectivity index (χ2n) is 8.21. The molecule has 1 unspecified atom stereocenters. The van der Waals surface area contributed by atoms with Gasteiger partial charge in [-0.2, -0.15) is 10.2 Å². The van der Waals surface area contributed by atoms with Crippen LogP contribution in [0.1, 0.15) is 48.6 Å². The molecule has 0 fully saturated rings. The third kappa shape index (κ3) is 6.12. The maximum absolute atomic E-state index is 14.7. The molecule has 6 nitrogen and oxygen atoms in total. The summed E-state index contributed by atoms with van der Waals surface area (Å²) in [5.41, 5.74) is 3.07. The molecule has 0 spiro atoms. The Hall–Kier alpha value is -4.25. The van der Waals surface area contributed by atoms with Gasteiger partial charge in [-0.3, -0.25) is 0 Å². The molecule has 2 aromatic carbocycles. The largest absolute Gasteiger partial charge is 0.488 e. The van der Waals surface area contributed by atoms with Crippen LogP contribution in [0.3, 0.4) is 0 Å². The van der Waals surface area contributed by atoms with Gasteiger partial charge in [-0.15, -0.1) is 6.58 Å². The van der Waals surface area contributed by atoms with E-state index in [4.69, 9.17) is 14.7 Å². The van der Waals surface area contributed by atoms with Crippen molar-refractivity contribution in [1.82, 2.24) is 9.97 Å². The minimum absolute atomic E-state index is 0.259. The van der Waals surface area contributed by atoms with Crippen molar-refractivity contribution in [1.29, 1.82) is 5.26 Å². The fourth-order valence-corrected chi connectivity index (χ4v) is 4.27. The minimum atomic E-state index is -0.615. The predicted octanol–water partition coefficient (Wildman–Crippen LogP) is 6.66. The maximum atomic E-state index is 14.7. The van der Waals surface area contributed by atoms with Gasteiger partial charge in [0.25, 0.3) is 0 Å². The number of halogens is 2. The average Bonchev–Trinajstić information content (AvgIpc) is 3.32. The number of hydrogen-bond donors (Lipinski definition) is 1. The molecule has 0 radical (unpaired) electrons. The zero-order chi connectivity index (χ0) is 26.9. The van der Waals surface area contributed by atoms with Gasteiger partial charge in [0.2, 0.25) is 5.95 Å². The van der Waals surface area contributed by atoms with Crippen LogP contribution in [0.4, 0.5) is 26.2 Å². The summed E-state index contributed by atoms with van der Waals surface area (Å²) >= 11 is 0. The van der Waals surface area contributed by atoms with Crippen LogP contribution >= 0.6 is 0 Å². The maximum Gasteiger partial charge on any atom is 0.229 e. The minimum Gasteiger partial charge on any atom is -0.488 e. The van der Waals surface area contributed by atoms with Crippen LogP contribution in [-0.4, -0.2) is 30.2 Å². The van der Waals surface area contributed by atoms with E-state index in [9.17, 15) is 14.0 Å². The molecule has 0 bridgehead atoms. The molecule has 0 saturated heterocycles. The van der Waals surface area contributed by atoms with Crippen molar-refractivity contribution in [3.05, 3.63) is 95.7 Å². The van der Waals surface area contributed by atoms with Crippen molar-refractivity contribution in [3.8, 4) is 11.8 Å². The molecule has 1 aliphatic rings. The van der Waals surface area contributed by atoms with Gasteiger partial charge in [0.15, 0.2) is 0 Å². The Kier molecular flexibility index (Phi) is 9.33. The Morgan fingerprint density at radius 2 is 1.95 bits per heavy atom. The van der Waals surface area contributed by atoms with E-state index in [-0.39, 0.29) is 12.5 Å². The highest BCUT2D eigenvalue weighted by Gasteiger charge is 2.32. The smallest absolute Gasteiger partial charge is 0.229 e. The first-order valence-electron chi connectivity index (χ1n) is 12.2. The fourth-order valence-electron chi connectivity index (χ4n) is 4.27. The summed E-state index contributed by atoms with van der Waals surface area (Å²) in [4.78, 5) is 11.4. The molecule has 1 aliphatic carbocycles. The zero-order valence-electron chi connectivity index (χ0n) is 21.4. The zero-order valence-corrected chi connectivity index (χ0v) is 21.4. The lowest BCUT2D eigenvalue weighted by Gasteiger charge is -2.21. The summed E-state index contributed by atoms with van der Waals surface area (Å²) in [6.45, 7) is 12.3. The summed E-state index contributed by atoms with van der Waals surface area (Å²) < 4.78 is 33.8. The molecule has 1 heterocycles. The van der Waals surface area contributed by atoms with Crippen molar-refractivity contribution < 1.29 is 13.5 Å². The number of nitrogens with zero attached hydrogens (tertiary/aromatic N) is 4. The number of likely N-dealkylation sites (N-methyl/N-ethyl adjacent to an activating group) is 1. The molecule has 37 heavy (non-hydrogen) atoms. The van der Waals surface area contributed by atoms with Gasteiger partial charge in [0.05, 0.1) is 11.3 Å². The lowest BCUT2D eigenvalue weighted by molar-refractivity contribution is 0.362. The number of nitriles is 1. The average molecular weight is 504 g/mol. The topological polar surface area (TPSA) is 74.1 Å². The number of rotatable bonds is 9. The van der Waals surface area contributed by atoms with Crippen molar-refractivity contribution in [2.24, 2.45) is 0 Å². The first-order valence-corrected chi connectivity index (χ1v) is 12.2. The number of fused-ring (bicyclic) bond motifs is 1. The van der Waals surface area contributed by atoms with Crippen molar-refractivity contribution in [3.63, 3.8) is 0 Å². The molecule has 1 N–H and O–H groups in total.